The number of hydrogen-bond acceptors (Lipinski definition) is 4. The number of likely N-dealkylation sites (tertiary alicyclic amines) is 1. The summed E-state index contributed by atoms with van der Waals surface area (Å²) in [6.07, 6.45) is 8.14. The van der Waals surface area contributed by atoms with Crippen LogP contribution in [0.2, 0.25) is 0 Å². The van der Waals surface area contributed by atoms with Crippen molar-refractivity contribution < 1.29 is 9.21 Å². The maximum absolute atomic E-state index is 13.2. The third-order valence-corrected chi connectivity index (χ3v) is 5.62. The number of pyridine rings is 1. The van der Waals surface area contributed by atoms with E-state index in [-0.39, 0.29) is 11.9 Å². The zero-order valence-electron chi connectivity index (χ0n) is 16.8. The highest BCUT2D eigenvalue weighted by molar-refractivity contribution is 6.04. The highest BCUT2D eigenvalue weighted by Gasteiger charge is 2.31. The van der Waals surface area contributed by atoms with Crippen LogP contribution in [-0.4, -0.2) is 34.9 Å². The zero-order valence-corrected chi connectivity index (χ0v) is 16.8. The van der Waals surface area contributed by atoms with Gasteiger partial charge in [0.1, 0.15) is 0 Å². The van der Waals surface area contributed by atoms with E-state index in [9.17, 15) is 4.79 Å². The molecular weight excluding hydrogens is 362 g/mol. The first-order valence-electron chi connectivity index (χ1n) is 10.3. The molecule has 0 radical (unpaired) electrons. The van der Waals surface area contributed by atoms with Crippen molar-refractivity contribution in [3.63, 3.8) is 0 Å². The molecule has 5 nitrogen and oxygen atoms in total. The van der Waals surface area contributed by atoms with E-state index in [0.717, 1.165) is 44.6 Å². The third kappa shape index (κ3) is 4.57. The number of furan rings is 1. The summed E-state index contributed by atoms with van der Waals surface area (Å²) in [6, 6.07) is 16.1. The number of carbonyl (C=O) groups excluding carboxylic acids is 1. The van der Waals surface area contributed by atoms with Gasteiger partial charge in [0.05, 0.1) is 6.26 Å². The molecule has 0 N–H and O–H groups in total. The van der Waals surface area contributed by atoms with E-state index in [0.29, 0.717) is 5.76 Å². The van der Waals surface area contributed by atoms with Crippen LogP contribution in [-0.2, 0) is 13.0 Å². The minimum atomic E-state index is -0.0649. The maximum atomic E-state index is 13.2. The lowest BCUT2D eigenvalue weighted by Gasteiger charge is -2.38. The Morgan fingerprint density at radius 3 is 2.52 bits per heavy atom. The number of amides is 1. The summed E-state index contributed by atoms with van der Waals surface area (Å²) >= 11 is 0. The fraction of sp³-hybridized carbons (Fsp3) is 0.333. The highest BCUT2D eigenvalue weighted by atomic mass is 16.3. The minimum Gasteiger partial charge on any atom is -0.459 e. The molecule has 3 heterocycles. The van der Waals surface area contributed by atoms with Crippen molar-refractivity contribution in [3.05, 3.63) is 84.1 Å². The summed E-state index contributed by atoms with van der Waals surface area (Å²) < 4.78 is 5.43. The second-order valence-corrected chi connectivity index (χ2v) is 7.54. The SMILES string of the molecule is CCc1ccc(N(C(=O)c2ccco2)C2CCN(Cc3cccnc3)CC2)cc1. The molecule has 0 bridgehead atoms. The molecule has 1 aromatic carbocycles. The Hall–Kier alpha value is -2.92. The van der Waals surface area contributed by atoms with Gasteiger partial charge < -0.3 is 9.32 Å². The van der Waals surface area contributed by atoms with Gasteiger partial charge in [0, 0.05) is 43.8 Å². The van der Waals surface area contributed by atoms with Crippen molar-refractivity contribution in [1.82, 2.24) is 9.88 Å². The van der Waals surface area contributed by atoms with Crippen molar-refractivity contribution >= 4 is 11.6 Å². The van der Waals surface area contributed by atoms with Gasteiger partial charge in [0.15, 0.2) is 5.76 Å². The second-order valence-electron chi connectivity index (χ2n) is 7.54. The van der Waals surface area contributed by atoms with Crippen LogP contribution in [0.1, 0.15) is 41.4 Å². The summed E-state index contributed by atoms with van der Waals surface area (Å²) in [4.78, 5) is 21.8. The number of hydrogen-bond donors (Lipinski definition) is 0. The minimum absolute atomic E-state index is 0.0649. The van der Waals surface area contributed by atoms with E-state index in [4.69, 9.17) is 4.42 Å². The summed E-state index contributed by atoms with van der Waals surface area (Å²) in [5.74, 6) is 0.326. The van der Waals surface area contributed by atoms with E-state index in [1.807, 2.05) is 17.2 Å². The molecule has 3 aromatic rings. The van der Waals surface area contributed by atoms with Crippen LogP contribution in [0.3, 0.4) is 0 Å². The molecule has 1 fully saturated rings. The highest BCUT2D eigenvalue weighted by Crippen LogP contribution is 2.27. The Morgan fingerprint density at radius 1 is 1.10 bits per heavy atom. The van der Waals surface area contributed by atoms with Crippen molar-refractivity contribution in [2.45, 2.75) is 38.8 Å². The Morgan fingerprint density at radius 2 is 1.90 bits per heavy atom. The number of aromatic nitrogens is 1. The lowest BCUT2D eigenvalue weighted by Crippen LogP contribution is -2.47. The molecular formula is C24H27N3O2. The molecule has 0 saturated carbocycles. The molecule has 1 amide bonds. The van der Waals surface area contributed by atoms with Gasteiger partial charge >= 0.3 is 0 Å². The van der Waals surface area contributed by atoms with E-state index < -0.39 is 0 Å². The average molecular weight is 389 g/mol. The molecule has 0 atom stereocenters. The number of anilines is 1. The van der Waals surface area contributed by atoms with Crippen molar-refractivity contribution in [2.75, 3.05) is 18.0 Å². The Balaban J connectivity index is 1.50. The standard InChI is InChI=1S/C24H27N3O2/c1-2-19-7-9-21(10-8-19)27(24(28)23-6-4-16-29-23)22-11-14-26(15-12-22)18-20-5-3-13-25-17-20/h3-10,13,16-17,22H,2,11-12,14-15,18H2,1H3. The maximum Gasteiger partial charge on any atom is 0.294 e. The number of piperidine rings is 1. The summed E-state index contributed by atoms with van der Waals surface area (Å²) in [5, 5.41) is 0. The summed E-state index contributed by atoms with van der Waals surface area (Å²) in [6.45, 7) is 4.94. The van der Waals surface area contributed by atoms with Crippen LogP contribution in [0.5, 0.6) is 0 Å². The molecule has 0 aliphatic carbocycles. The van der Waals surface area contributed by atoms with Crippen LogP contribution in [0.25, 0.3) is 0 Å². The first kappa shape index (κ1) is 19.4. The number of carbonyl (C=O) groups is 1. The van der Waals surface area contributed by atoms with Crippen LogP contribution in [0.4, 0.5) is 5.69 Å². The number of nitrogens with zero attached hydrogens (tertiary/aromatic N) is 3. The molecule has 1 aliphatic rings. The quantitative estimate of drug-likeness (QED) is 0.621. The molecule has 1 saturated heterocycles. The molecule has 5 heteroatoms. The first-order valence-corrected chi connectivity index (χ1v) is 10.3. The third-order valence-electron chi connectivity index (χ3n) is 5.62. The van der Waals surface area contributed by atoms with E-state index >= 15 is 0 Å². The van der Waals surface area contributed by atoms with Crippen molar-refractivity contribution in [2.24, 2.45) is 0 Å². The average Bonchev–Trinajstić information content (AvgIpc) is 3.31. The molecule has 150 valence electrons. The zero-order chi connectivity index (χ0) is 20.1. The van der Waals surface area contributed by atoms with Gasteiger partial charge in [-0.05, 0) is 60.7 Å². The monoisotopic (exact) mass is 389 g/mol. The smallest absolute Gasteiger partial charge is 0.294 e. The van der Waals surface area contributed by atoms with E-state index in [1.54, 1.807) is 24.6 Å². The fourth-order valence-corrected chi connectivity index (χ4v) is 3.99. The van der Waals surface area contributed by atoms with Gasteiger partial charge in [-0.1, -0.05) is 25.1 Å². The largest absolute Gasteiger partial charge is 0.459 e. The fourth-order valence-electron chi connectivity index (χ4n) is 3.99. The molecule has 4 rings (SSSR count). The number of aryl methyl sites for hydroxylation is 1. The van der Waals surface area contributed by atoms with Gasteiger partial charge in [-0.15, -0.1) is 0 Å². The van der Waals surface area contributed by atoms with E-state index in [1.165, 1.54) is 11.1 Å². The molecule has 1 aliphatic heterocycles. The Kier molecular flexibility index (Phi) is 6.06. The molecule has 2 aromatic heterocycles. The van der Waals surface area contributed by atoms with Gasteiger partial charge in [-0.3, -0.25) is 14.7 Å². The van der Waals surface area contributed by atoms with Crippen LogP contribution in [0.15, 0.2) is 71.6 Å². The summed E-state index contributed by atoms with van der Waals surface area (Å²) in [7, 11) is 0. The normalized spacial score (nSPS) is 15.3. The summed E-state index contributed by atoms with van der Waals surface area (Å²) in [5.41, 5.74) is 3.43. The van der Waals surface area contributed by atoms with Gasteiger partial charge in [0.2, 0.25) is 0 Å². The van der Waals surface area contributed by atoms with Crippen LogP contribution < -0.4 is 4.90 Å². The lowest BCUT2D eigenvalue weighted by molar-refractivity contribution is 0.0931. The topological polar surface area (TPSA) is 49.6 Å². The second kappa shape index (κ2) is 9.05. The first-order chi connectivity index (χ1) is 14.2. The number of benzene rings is 1. The van der Waals surface area contributed by atoms with E-state index in [2.05, 4.69) is 47.1 Å². The molecule has 29 heavy (non-hydrogen) atoms. The number of rotatable bonds is 6. The molecule has 0 unspecified atom stereocenters. The Labute approximate surface area is 172 Å². The lowest BCUT2D eigenvalue weighted by atomic mass is 10.0. The Bertz CT molecular complexity index is 899. The van der Waals surface area contributed by atoms with Crippen LogP contribution in [0, 0.1) is 0 Å². The van der Waals surface area contributed by atoms with Gasteiger partial charge in [-0.25, -0.2) is 0 Å². The van der Waals surface area contributed by atoms with Crippen molar-refractivity contribution in [3.8, 4) is 0 Å². The van der Waals surface area contributed by atoms with Crippen molar-refractivity contribution in [1.29, 1.82) is 0 Å². The van der Waals surface area contributed by atoms with Gasteiger partial charge in [-0.2, -0.15) is 0 Å². The predicted octanol–water partition coefficient (Wildman–Crippen LogP) is 4.55. The predicted molar refractivity (Wildman–Crippen MR) is 114 cm³/mol. The van der Waals surface area contributed by atoms with Gasteiger partial charge in [0.25, 0.3) is 5.91 Å². The van der Waals surface area contributed by atoms with Crippen LogP contribution >= 0.6 is 0 Å². The molecule has 0 spiro atoms.